The summed E-state index contributed by atoms with van der Waals surface area (Å²) in [6.45, 7) is 1.92. The van der Waals surface area contributed by atoms with Gasteiger partial charge in [-0.1, -0.05) is 47.5 Å². The SMILES string of the molecule is CCCCS(=O)(=O)CC(=O)c1ccccc1Br. The van der Waals surface area contributed by atoms with Crippen LogP contribution in [-0.2, 0) is 9.84 Å². The molecule has 0 fully saturated rings. The molecule has 1 aromatic carbocycles. The minimum absolute atomic E-state index is 0.0830. The van der Waals surface area contributed by atoms with Crippen LogP contribution in [0.5, 0.6) is 0 Å². The Morgan fingerprint density at radius 2 is 1.94 bits per heavy atom. The van der Waals surface area contributed by atoms with Crippen LogP contribution in [-0.4, -0.2) is 25.7 Å². The normalized spacial score (nSPS) is 11.4. The molecule has 0 aromatic heterocycles. The fourth-order valence-electron chi connectivity index (χ4n) is 1.40. The van der Waals surface area contributed by atoms with E-state index in [1.807, 2.05) is 6.92 Å². The Labute approximate surface area is 110 Å². The molecule has 94 valence electrons. The third-order valence-corrected chi connectivity index (χ3v) is 4.64. The van der Waals surface area contributed by atoms with Gasteiger partial charge in [0.1, 0.15) is 5.75 Å². The summed E-state index contributed by atoms with van der Waals surface area (Å²) < 4.78 is 23.9. The van der Waals surface area contributed by atoms with Crippen molar-refractivity contribution in [2.45, 2.75) is 19.8 Å². The average molecular weight is 319 g/mol. The van der Waals surface area contributed by atoms with Gasteiger partial charge in [0, 0.05) is 10.0 Å². The van der Waals surface area contributed by atoms with Crippen LogP contribution < -0.4 is 0 Å². The van der Waals surface area contributed by atoms with E-state index in [1.54, 1.807) is 24.3 Å². The lowest BCUT2D eigenvalue weighted by Crippen LogP contribution is -2.19. The van der Waals surface area contributed by atoms with Crippen LogP contribution in [0.3, 0.4) is 0 Å². The van der Waals surface area contributed by atoms with Crippen LogP contribution in [0.2, 0.25) is 0 Å². The van der Waals surface area contributed by atoms with Gasteiger partial charge < -0.3 is 0 Å². The van der Waals surface area contributed by atoms with Crippen molar-refractivity contribution in [1.82, 2.24) is 0 Å². The Bertz CT molecular complexity index is 494. The van der Waals surface area contributed by atoms with Gasteiger partial charge in [0.2, 0.25) is 0 Å². The Balaban J connectivity index is 2.77. The fourth-order valence-corrected chi connectivity index (χ4v) is 3.33. The van der Waals surface area contributed by atoms with Crippen LogP contribution in [0.25, 0.3) is 0 Å². The van der Waals surface area contributed by atoms with Crippen molar-refractivity contribution in [1.29, 1.82) is 0 Å². The smallest absolute Gasteiger partial charge is 0.178 e. The van der Waals surface area contributed by atoms with Crippen LogP contribution >= 0.6 is 15.9 Å². The van der Waals surface area contributed by atoms with E-state index in [2.05, 4.69) is 15.9 Å². The number of benzene rings is 1. The van der Waals surface area contributed by atoms with Gasteiger partial charge in [0.05, 0.1) is 5.75 Å². The number of Topliss-reactive ketones (excluding diaryl/α,β-unsaturated/α-hetero) is 1. The molecule has 1 aromatic rings. The predicted octanol–water partition coefficient (Wildman–Crippen LogP) is 2.85. The molecular formula is C12H15BrO3S. The van der Waals surface area contributed by atoms with E-state index in [1.165, 1.54) is 0 Å². The summed E-state index contributed by atoms with van der Waals surface area (Å²) in [6, 6.07) is 6.86. The van der Waals surface area contributed by atoms with E-state index >= 15 is 0 Å². The Morgan fingerprint density at radius 3 is 2.53 bits per heavy atom. The van der Waals surface area contributed by atoms with E-state index in [9.17, 15) is 13.2 Å². The van der Waals surface area contributed by atoms with Crippen molar-refractivity contribution in [3.05, 3.63) is 34.3 Å². The number of carbonyl (C=O) groups excluding carboxylic acids is 1. The maximum absolute atomic E-state index is 11.8. The number of hydrogen-bond acceptors (Lipinski definition) is 3. The van der Waals surface area contributed by atoms with Gasteiger partial charge in [-0.3, -0.25) is 4.79 Å². The van der Waals surface area contributed by atoms with E-state index in [0.717, 1.165) is 6.42 Å². The van der Waals surface area contributed by atoms with E-state index < -0.39 is 15.6 Å². The van der Waals surface area contributed by atoms with Crippen LogP contribution in [0, 0.1) is 0 Å². The van der Waals surface area contributed by atoms with Crippen molar-refractivity contribution >= 4 is 31.6 Å². The molecule has 0 atom stereocenters. The molecule has 1 rings (SSSR count). The molecule has 0 radical (unpaired) electrons. The Hall–Kier alpha value is -0.680. The highest BCUT2D eigenvalue weighted by molar-refractivity contribution is 9.10. The van der Waals surface area contributed by atoms with Crippen molar-refractivity contribution in [2.24, 2.45) is 0 Å². The molecule has 0 spiro atoms. The number of hydrogen-bond donors (Lipinski definition) is 0. The van der Waals surface area contributed by atoms with Crippen LogP contribution in [0.15, 0.2) is 28.7 Å². The molecule has 0 saturated carbocycles. The van der Waals surface area contributed by atoms with Crippen molar-refractivity contribution in [2.75, 3.05) is 11.5 Å². The number of halogens is 1. The predicted molar refractivity (Wildman–Crippen MR) is 72.0 cm³/mol. The van der Waals surface area contributed by atoms with Gasteiger partial charge >= 0.3 is 0 Å². The zero-order chi connectivity index (χ0) is 12.9. The first-order valence-electron chi connectivity index (χ1n) is 5.44. The molecule has 0 aliphatic rings. The topological polar surface area (TPSA) is 51.2 Å². The third-order valence-electron chi connectivity index (χ3n) is 2.33. The summed E-state index contributed by atoms with van der Waals surface area (Å²) >= 11 is 3.24. The third kappa shape index (κ3) is 4.60. The summed E-state index contributed by atoms with van der Waals surface area (Å²) in [5, 5.41) is 0. The maximum Gasteiger partial charge on any atom is 0.178 e. The van der Waals surface area contributed by atoms with Crippen LogP contribution in [0.4, 0.5) is 0 Å². The molecule has 0 amide bonds. The van der Waals surface area contributed by atoms with Crippen LogP contribution in [0.1, 0.15) is 30.1 Å². The van der Waals surface area contributed by atoms with E-state index in [-0.39, 0.29) is 11.5 Å². The van der Waals surface area contributed by atoms with Gasteiger partial charge in [-0.05, 0) is 12.5 Å². The lowest BCUT2D eigenvalue weighted by molar-refractivity contribution is 0.102. The molecule has 0 N–H and O–H groups in total. The first kappa shape index (κ1) is 14.4. The molecular weight excluding hydrogens is 304 g/mol. The summed E-state index contributed by atoms with van der Waals surface area (Å²) in [5.74, 6) is -0.677. The number of unbranched alkanes of at least 4 members (excludes halogenated alkanes) is 1. The van der Waals surface area contributed by atoms with Gasteiger partial charge in [-0.15, -0.1) is 0 Å². The Kier molecular flexibility index (Phi) is 5.33. The molecule has 0 aliphatic heterocycles. The zero-order valence-corrected chi connectivity index (χ0v) is 12.1. The molecule has 5 heteroatoms. The molecule has 0 aliphatic carbocycles. The molecule has 0 saturated heterocycles. The summed E-state index contributed by atoms with van der Waals surface area (Å²) in [6.07, 6.45) is 1.41. The largest absolute Gasteiger partial charge is 0.293 e. The zero-order valence-electron chi connectivity index (χ0n) is 9.65. The molecule has 0 heterocycles. The second-order valence-corrected chi connectivity index (χ2v) is 6.89. The average Bonchev–Trinajstić information content (AvgIpc) is 2.26. The van der Waals surface area contributed by atoms with Gasteiger partial charge in [0.15, 0.2) is 15.6 Å². The summed E-state index contributed by atoms with van der Waals surface area (Å²) in [5.41, 5.74) is 0.424. The first-order chi connectivity index (χ1) is 7.96. The van der Waals surface area contributed by atoms with Gasteiger partial charge in [-0.2, -0.15) is 0 Å². The van der Waals surface area contributed by atoms with Crippen molar-refractivity contribution < 1.29 is 13.2 Å². The lowest BCUT2D eigenvalue weighted by atomic mass is 10.1. The molecule has 0 unspecified atom stereocenters. The van der Waals surface area contributed by atoms with E-state index in [4.69, 9.17) is 0 Å². The van der Waals surface area contributed by atoms with Gasteiger partial charge in [-0.25, -0.2) is 8.42 Å². The second kappa shape index (κ2) is 6.31. The minimum Gasteiger partial charge on any atom is -0.293 e. The second-order valence-electron chi connectivity index (χ2n) is 3.85. The van der Waals surface area contributed by atoms with E-state index in [0.29, 0.717) is 16.5 Å². The number of rotatable bonds is 6. The lowest BCUT2D eigenvalue weighted by Gasteiger charge is -2.04. The quantitative estimate of drug-likeness (QED) is 0.758. The van der Waals surface area contributed by atoms with Crippen molar-refractivity contribution in [3.63, 3.8) is 0 Å². The molecule has 0 bridgehead atoms. The molecule has 17 heavy (non-hydrogen) atoms. The standard InChI is InChI=1S/C12H15BrO3S/c1-2-3-8-17(15,16)9-12(14)10-6-4-5-7-11(10)13/h4-7H,2-3,8-9H2,1H3. The highest BCUT2D eigenvalue weighted by atomic mass is 79.9. The Morgan fingerprint density at radius 1 is 1.29 bits per heavy atom. The summed E-state index contributed by atoms with van der Waals surface area (Å²) in [7, 11) is -3.28. The highest BCUT2D eigenvalue weighted by Gasteiger charge is 2.18. The molecule has 3 nitrogen and oxygen atoms in total. The highest BCUT2D eigenvalue weighted by Crippen LogP contribution is 2.17. The number of ketones is 1. The number of sulfone groups is 1. The van der Waals surface area contributed by atoms with Gasteiger partial charge in [0.25, 0.3) is 0 Å². The maximum atomic E-state index is 11.8. The first-order valence-corrected chi connectivity index (χ1v) is 8.06. The minimum atomic E-state index is -3.28. The number of carbonyl (C=O) groups is 1. The monoisotopic (exact) mass is 318 g/mol. The van der Waals surface area contributed by atoms with Crippen molar-refractivity contribution in [3.8, 4) is 0 Å². The fraction of sp³-hybridized carbons (Fsp3) is 0.417. The summed E-state index contributed by atoms with van der Waals surface area (Å²) in [4.78, 5) is 11.8.